The fourth-order valence-electron chi connectivity index (χ4n) is 2.78. The molecule has 0 unspecified atom stereocenters. The number of hydrogen-bond donors (Lipinski definition) is 2. The monoisotopic (exact) mass is 523 g/mol. The van der Waals surface area contributed by atoms with Crippen molar-refractivity contribution in [1.82, 2.24) is 14.5 Å². The first-order valence-electron chi connectivity index (χ1n) is 9.06. The van der Waals surface area contributed by atoms with Crippen LogP contribution >= 0.6 is 34.2 Å². The molecule has 0 spiro atoms. The van der Waals surface area contributed by atoms with Gasteiger partial charge >= 0.3 is 0 Å². The molecule has 3 aromatic heterocycles. The molecule has 0 saturated carbocycles. The summed E-state index contributed by atoms with van der Waals surface area (Å²) < 4.78 is 16.0. The molecule has 5 nitrogen and oxygen atoms in total. The maximum atomic E-state index is 13.4. The van der Waals surface area contributed by atoms with Crippen LogP contribution in [0.25, 0.3) is 9.28 Å². The smallest absolute Gasteiger partial charge is 0.149 e. The van der Waals surface area contributed by atoms with Gasteiger partial charge in [0.2, 0.25) is 0 Å². The van der Waals surface area contributed by atoms with Gasteiger partial charge in [-0.05, 0) is 60.2 Å². The van der Waals surface area contributed by atoms with Gasteiger partial charge in [-0.1, -0.05) is 24.9 Å². The van der Waals surface area contributed by atoms with Crippen LogP contribution in [0.15, 0.2) is 48.9 Å². The molecule has 3 rings (SSSR count). The maximum absolute atomic E-state index is 13.4. The van der Waals surface area contributed by atoms with E-state index >= 15 is 0 Å². The summed E-state index contributed by atoms with van der Waals surface area (Å²) in [6, 6.07) is 8.21. The number of halogens is 3. The Balaban J connectivity index is 1.97. The number of hydrogen-bond acceptors (Lipinski definition) is 4. The van der Waals surface area contributed by atoms with Crippen LogP contribution in [0, 0.1) is 18.2 Å². The van der Waals surface area contributed by atoms with Crippen molar-refractivity contribution in [2.45, 2.75) is 26.7 Å². The lowest BCUT2D eigenvalue weighted by Crippen LogP contribution is -2.19. The van der Waals surface area contributed by atoms with Gasteiger partial charge in [0.05, 0.1) is 16.9 Å². The molecule has 0 aliphatic heterocycles. The summed E-state index contributed by atoms with van der Waals surface area (Å²) >= 11 is 8.70. The summed E-state index contributed by atoms with van der Waals surface area (Å²) in [5.74, 6) is 0.112. The van der Waals surface area contributed by atoms with E-state index in [2.05, 4.69) is 44.8 Å². The average molecular weight is 524 g/mol. The molecule has 8 heteroatoms. The van der Waals surface area contributed by atoms with Crippen LogP contribution in [0.3, 0.4) is 0 Å². The number of anilines is 2. The molecule has 0 saturated heterocycles. The molecule has 0 atom stereocenters. The van der Waals surface area contributed by atoms with E-state index in [1.807, 2.05) is 25.1 Å². The first kappa shape index (κ1) is 21.4. The molecule has 2 N–H and O–H groups in total. The third kappa shape index (κ3) is 5.22. The SMILES string of the molecule is CCC/C(=C(/I)c1cnc(Nc2ccc(C)nc2)c(Cl)c1)n1ccc(F)cc1=N. The van der Waals surface area contributed by atoms with Crippen LogP contribution in [0.2, 0.25) is 5.02 Å². The highest BCUT2D eigenvalue weighted by molar-refractivity contribution is 14.1. The quantitative estimate of drug-likeness (QED) is 0.380. The number of aryl methyl sites for hydroxylation is 1. The predicted octanol–water partition coefficient (Wildman–Crippen LogP) is 6.16. The topological polar surface area (TPSA) is 66.6 Å². The van der Waals surface area contributed by atoms with Gasteiger partial charge in [-0.25, -0.2) is 9.37 Å². The molecule has 0 aliphatic carbocycles. The van der Waals surface area contributed by atoms with Gasteiger partial charge < -0.3 is 9.88 Å². The van der Waals surface area contributed by atoms with E-state index in [0.29, 0.717) is 10.8 Å². The molecule has 0 aromatic carbocycles. The maximum Gasteiger partial charge on any atom is 0.149 e. The van der Waals surface area contributed by atoms with Crippen molar-refractivity contribution >= 4 is 55.0 Å². The minimum Gasteiger partial charge on any atom is -0.338 e. The van der Waals surface area contributed by atoms with Gasteiger partial charge in [-0.3, -0.25) is 10.4 Å². The van der Waals surface area contributed by atoms with Crippen molar-refractivity contribution in [2.24, 2.45) is 0 Å². The zero-order valence-corrected chi connectivity index (χ0v) is 18.9. The van der Waals surface area contributed by atoms with E-state index < -0.39 is 5.82 Å². The van der Waals surface area contributed by atoms with Gasteiger partial charge in [0.25, 0.3) is 0 Å². The summed E-state index contributed by atoms with van der Waals surface area (Å²) in [6.45, 7) is 3.98. The highest BCUT2D eigenvalue weighted by Gasteiger charge is 2.12. The summed E-state index contributed by atoms with van der Waals surface area (Å²) in [7, 11) is 0. The van der Waals surface area contributed by atoms with Crippen molar-refractivity contribution in [1.29, 1.82) is 5.41 Å². The number of allylic oxidation sites excluding steroid dienone is 1. The van der Waals surface area contributed by atoms with E-state index in [0.717, 1.165) is 39.1 Å². The Hall–Kier alpha value is -2.26. The second kappa shape index (κ2) is 9.49. The molecule has 0 bridgehead atoms. The molecule has 0 fully saturated rings. The van der Waals surface area contributed by atoms with Gasteiger partial charge in [-0.2, -0.15) is 0 Å². The molecule has 0 radical (unpaired) electrons. The summed E-state index contributed by atoms with van der Waals surface area (Å²) in [4.78, 5) is 8.72. The minimum atomic E-state index is -0.428. The highest BCUT2D eigenvalue weighted by Crippen LogP contribution is 2.33. The Labute approximate surface area is 187 Å². The molecule has 150 valence electrons. The van der Waals surface area contributed by atoms with Gasteiger partial charge in [0.15, 0.2) is 0 Å². The molecule has 0 amide bonds. The Morgan fingerprint density at radius 3 is 2.66 bits per heavy atom. The van der Waals surface area contributed by atoms with E-state index in [-0.39, 0.29) is 5.49 Å². The van der Waals surface area contributed by atoms with E-state index in [1.54, 1.807) is 23.2 Å². The van der Waals surface area contributed by atoms with Crippen LogP contribution in [-0.4, -0.2) is 14.5 Å². The number of nitrogens with one attached hydrogen (secondary N) is 2. The van der Waals surface area contributed by atoms with Crippen LogP contribution in [0.5, 0.6) is 0 Å². The summed E-state index contributed by atoms with van der Waals surface area (Å²) in [6.07, 6.45) is 6.66. The molecule has 0 aliphatic rings. The Bertz CT molecular complexity index is 1110. The Morgan fingerprint density at radius 2 is 2.03 bits per heavy atom. The predicted molar refractivity (Wildman–Crippen MR) is 124 cm³/mol. The van der Waals surface area contributed by atoms with Crippen LogP contribution in [0.4, 0.5) is 15.9 Å². The fourth-order valence-corrected chi connectivity index (χ4v) is 3.82. The molecule has 3 aromatic rings. The normalized spacial score (nSPS) is 11.9. The van der Waals surface area contributed by atoms with Gasteiger partial charge in [-0.15, -0.1) is 0 Å². The first-order chi connectivity index (χ1) is 13.9. The van der Waals surface area contributed by atoms with Gasteiger partial charge in [0.1, 0.15) is 17.1 Å². The summed E-state index contributed by atoms with van der Waals surface area (Å²) in [5, 5.41) is 11.8. The minimum absolute atomic E-state index is 0.0897. The lowest BCUT2D eigenvalue weighted by atomic mass is 10.1. The van der Waals surface area contributed by atoms with Gasteiger partial charge in [0, 0.05) is 39.0 Å². The second-order valence-corrected chi connectivity index (χ2v) is 7.96. The summed E-state index contributed by atoms with van der Waals surface area (Å²) in [5.41, 5.74) is 3.56. The Morgan fingerprint density at radius 1 is 1.24 bits per heavy atom. The highest BCUT2D eigenvalue weighted by atomic mass is 127. The van der Waals surface area contributed by atoms with Crippen LogP contribution < -0.4 is 10.8 Å². The fraction of sp³-hybridized carbons (Fsp3) is 0.190. The molecular weight excluding hydrogens is 504 g/mol. The number of aromatic nitrogens is 3. The second-order valence-electron chi connectivity index (χ2n) is 6.48. The zero-order chi connectivity index (χ0) is 21.0. The third-order valence-electron chi connectivity index (χ3n) is 4.22. The molecule has 3 heterocycles. The van der Waals surface area contributed by atoms with Crippen molar-refractivity contribution in [3.05, 3.63) is 76.5 Å². The third-order valence-corrected chi connectivity index (χ3v) is 5.75. The largest absolute Gasteiger partial charge is 0.338 e. The average Bonchev–Trinajstić information content (AvgIpc) is 2.69. The standard InChI is InChI=1S/C21H20ClFIN5/c1-3-4-18(29-8-7-15(23)10-19(29)25)20(24)14-9-17(22)21(27-11-14)28-16-6-5-13(2)26-12-16/h5-12,25H,3-4H2,1-2H3,(H,27,28)/b20-18-,25-19?. The van der Waals surface area contributed by atoms with Crippen molar-refractivity contribution in [3.63, 3.8) is 0 Å². The lowest BCUT2D eigenvalue weighted by molar-refractivity contribution is 0.617. The lowest BCUT2D eigenvalue weighted by Gasteiger charge is -2.15. The Kier molecular flexibility index (Phi) is 7.02. The van der Waals surface area contributed by atoms with E-state index in [9.17, 15) is 4.39 Å². The number of pyridine rings is 3. The van der Waals surface area contributed by atoms with Crippen molar-refractivity contribution in [2.75, 3.05) is 5.32 Å². The van der Waals surface area contributed by atoms with E-state index in [4.69, 9.17) is 17.0 Å². The number of rotatable bonds is 6. The van der Waals surface area contributed by atoms with Crippen LogP contribution in [0.1, 0.15) is 31.0 Å². The van der Waals surface area contributed by atoms with Crippen LogP contribution in [-0.2, 0) is 0 Å². The molecule has 29 heavy (non-hydrogen) atoms. The molecular formula is C21H20ClFIN5. The van der Waals surface area contributed by atoms with Crippen molar-refractivity contribution < 1.29 is 4.39 Å². The first-order valence-corrected chi connectivity index (χ1v) is 10.5. The number of nitrogens with zero attached hydrogens (tertiary/aromatic N) is 3. The van der Waals surface area contributed by atoms with E-state index in [1.165, 1.54) is 12.1 Å². The van der Waals surface area contributed by atoms with Crippen molar-refractivity contribution in [3.8, 4) is 0 Å². The zero-order valence-electron chi connectivity index (χ0n) is 16.0.